The molecule has 3 rings (SSSR count). The lowest BCUT2D eigenvalue weighted by Gasteiger charge is -2.12. The molecule has 0 spiro atoms. The van der Waals surface area contributed by atoms with E-state index in [0.717, 1.165) is 16.8 Å². The lowest BCUT2D eigenvalue weighted by molar-refractivity contribution is -0.121. The number of amides is 1. The molecule has 0 aliphatic heterocycles. The molecule has 0 saturated carbocycles. The molecule has 0 saturated heterocycles. The molecule has 0 unspecified atom stereocenters. The van der Waals surface area contributed by atoms with Gasteiger partial charge in [0, 0.05) is 36.6 Å². The highest BCUT2D eigenvalue weighted by Gasteiger charge is 2.08. The first-order valence-electron chi connectivity index (χ1n) is 8.77. The standard InChI is InChI=1S/C20H21FN4O3/c1-14-9-18(28-2)10-20(27)25(14)8-7-22-19(26)13-24-12-16(11-23-24)15-3-5-17(21)6-4-15/h3-6,9-12H,7-8,13H2,1-2H3,(H,22,26). The van der Waals surface area contributed by atoms with Crippen LogP contribution in [0.2, 0.25) is 0 Å². The predicted octanol–water partition coefficient (Wildman–Crippen LogP) is 1.98. The third-order valence-electron chi connectivity index (χ3n) is 4.32. The fraction of sp³-hybridized carbons (Fsp3) is 0.250. The molecule has 0 fully saturated rings. The average molecular weight is 384 g/mol. The second-order valence-corrected chi connectivity index (χ2v) is 6.31. The van der Waals surface area contributed by atoms with Gasteiger partial charge in [0.1, 0.15) is 18.1 Å². The highest BCUT2D eigenvalue weighted by Crippen LogP contribution is 2.18. The van der Waals surface area contributed by atoms with E-state index in [2.05, 4.69) is 10.4 Å². The Morgan fingerprint density at radius 2 is 1.96 bits per heavy atom. The van der Waals surface area contributed by atoms with Crippen LogP contribution in [0.1, 0.15) is 5.69 Å². The third-order valence-corrected chi connectivity index (χ3v) is 4.32. The quantitative estimate of drug-likeness (QED) is 0.676. The molecular weight excluding hydrogens is 363 g/mol. The molecule has 0 bridgehead atoms. The summed E-state index contributed by atoms with van der Waals surface area (Å²) in [7, 11) is 1.51. The van der Waals surface area contributed by atoms with Crippen LogP contribution in [-0.2, 0) is 17.9 Å². The van der Waals surface area contributed by atoms with E-state index in [-0.39, 0.29) is 23.8 Å². The molecule has 1 aromatic carbocycles. The summed E-state index contributed by atoms with van der Waals surface area (Å²) in [5.74, 6) is -0.00637. The maximum atomic E-state index is 13.0. The van der Waals surface area contributed by atoms with Gasteiger partial charge >= 0.3 is 0 Å². The summed E-state index contributed by atoms with van der Waals surface area (Å²) >= 11 is 0. The fourth-order valence-electron chi connectivity index (χ4n) is 2.85. The van der Waals surface area contributed by atoms with Crippen LogP contribution in [0.5, 0.6) is 5.75 Å². The maximum absolute atomic E-state index is 13.0. The van der Waals surface area contributed by atoms with Crippen molar-refractivity contribution in [2.75, 3.05) is 13.7 Å². The highest BCUT2D eigenvalue weighted by molar-refractivity contribution is 5.75. The van der Waals surface area contributed by atoms with Crippen molar-refractivity contribution in [3.63, 3.8) is 0 Å². The molecule has 2 heterocycles. The number of aryl methyl sites for hydroxylation is 1. The van der Waals surface area contributed by atoms with Crippen molar-refractivity contribution in [2.45, 2.75) is 20.0 Å². The van der Waals surface area contributed by atoms with Gasteiger partial charge in [-0.05, 0) is 30.7 Å². The SMILES string of the molecule is COc1cc(C)n(CCNC(=O)Cn2cc(-c3ccc(F)cc3)cn2)c(=O)c1. The summed E-state index contributed by atoms with van der Waals surface area (Å²) in [6.07, 6.45) is 3.35. The van der Waals surface area contributed by atoms with E-state index in [1.54, 1.807) is 35.2 Å². The van der Waals surface area contributed by atoms with Crippen molar-refractivity contribution in [1.82, 2.24) is 19.7 Å². The number of nitrogens with zero attached hydrogens (tertiary/aromatic N) is 3. The van der Waals surface area contributed by atoms with Crippen LogP contribution >= 0.6 is 0 Å². The van der Waals surface area contributed by atoms with Crippen LogP contribution in [0.15, 0.2) is 53.6 Å². The van der Waals surface area contributed by atoms with Crippen molar-refractivity contribution in [3.8, 4) is 16.9 Å². The molecule has 0 aliphatic rings. The number of hydrogen-bond acceptors (Lipinski definition) is 4. The van der Waals surface area contributed by atoms with Crippen molar-refractivity contribution >= 4 is 5.91 Å². The molecule has 0 atom stereocenters. The van der Waals surface area contributed by atoms with Gasteiger partial charge in [-0.2, -0.15) is 5.10 Å². The van der Waals surface area contributed by atoms with E-state index >= 15 is 0 Å². The Hall–Kier alpha value is -3.42. The second kappa shape index (κ2) is 8.51. The molecule has 8 heteroatoms. The number of aromatic nitrogens is 3. The van der Waals surface area contributed by atoms with Crippen LogP contribution in [0.4, 0.5) is 4.39 Å². The Morgan fingerprint density at radius 3 is 2.64 bits per heavy atom. The highest BCUT2D eigenvalue weighted by atomic mass is 19.1. The Kier molecular flexibility index (Phi) is 5.88. The van der Waals surface area contributed by atoms with Crippen LogP contribution in [0.3, 0.4) is 0 Å². The number of ether oxygens (including phenoxy) is 1. The number of hydrogen-bond donors (Lipinski definition) is 1. The number of halogens is 1. The summed E-state index contributed by atoms with van der Waals surface area (Å²) in [5, 5.41) is 6.94. The van der Waals surface area contributed by atoms with Gasteiger partial charge in [-0.25, -0.2) is 4.39 Å². The first-order chi connectivity index (χ1) is 13.5. The van der Waals surface area contributed by atoms with E-state index in [4.69, 9.17) is 4.74 Å². The molecule has 0 aliphatic carbocycles. The fourth-order valence-corrected chi connectivity index (χ4v) is 2.85. The number of rotatable bonds is 7. The predicted molar refractivity (Wildman–Crippen MR) is 103 cm³/mol. The molecule has 1 N–H and O–H groups in total. The van der Waals surface area contributed by atoms with Crippen molar-refractivity contribution in [2.24, 2.45) is 0 Å². The van der Waals surface area contributed by atoms with E-state index in [0.29, 0.717) is 18.8 Å². The average Bonchev–Trinajstić information content (AvgIpc) is 3.12. The zero-order chi connectivity index (χ0) is 20.1. The number of methoxy groups -OCH3 is 1. The zero-order valence-electron chi connectivity index (χ0n) is 15.7. The summed E-state index contributed by atoms with van der Waals surface area (Å²) < 4.78 is 21.2. The maximum Gasteiger partial charge on any atom is 0.254 e. The van der Waals surface area contributed by atoms with Gasteiger partial charge < -0.3 is 14.6 Å². The molecular formula is C20H21FN4O3. The smallest absolute Gasteiger partial charge is 0.254 e. The topological polar surface area (TPSA) is 78.2 Å². The van der Waals surface area contributed by atoms with Crippen molar-refractivity contribution < 1.29 is 13.9 Å². The minimum Gasteiger partial charge on any atom is -0.496 e. The third kappa shape index (κ3) is 4.64. The Balaban J connectivity index is 1.54. The van der Waals surface area contributed by atoms with Gasteiger partial charge in [0.2, 0.25) is 5.91 Å². The lowest BCUT2D eigenvalue weighted by Crippen LogP contribution is -2.33. The van der Waals surface area contributed by atoms with E-state index < -0.39 is 0 Å². The number of benzene rings is 1. The number of pyridine rings is 1. The van der Waals surface area contributed by atoms with Gasteiger partial charge in [0.25, 0.3) is 5.56 Å². The Morgan fingerprint density at radius 1 is 1.21 bits per heavy atom. The molecule has 0 radical (unpaired) electrons. The lowest BCUT2D eigenvalue weighted by atomic mass is 10.1. The molecule has 1 amide bonds. The molecule has 146 valence electrons. The van der Waals surface area contributed by atoms with Crippen LogP contribution in [-0.4, -0.2) is 33.9 Å². The summed E-state index contributed by atoms with van der Waals surface area (Å²) in [4.78, 5) is 24.2. The molecule has 7 nitrogen and oxygen atoms in total. The molecule has 3 aromatic rings. The first-order valence-corrected chi connectivity index (χ1v) is 8.77. The van der Waals surface area contributed by atoms with Gasteiger partial charge in [-0.3, -0.25) is 14.3 Å². The number of carbonyl (C=O) groups is 1. The van der Waals surface area contributed by atoms with Crippen molar-refractivity contribution in [3.05, 3.63) is 70.7 Å². The van der Waals surface area contributed by atoms with E-state index in [9.17, 15) is 14.0 Å². The normalized spacial score (nSPS) is 10.7. The van der Waals surface area contributed by atoms with Gasteiger partial charge in [-0.1, -0.05) is 12.1 Å². The van der Waals surface area contributed by atoms with E-state index in [1.165, 1.54) is 30.0 Å². The Bertz CT molecular complexity index is 1020. The summed E-state index contributed by atoms with van der Waals surface area (Å²) in [6, 6.07) is 9.25. The Labute approximate surface area is 161 Å². The zero-order valence-corrected chi connectivity index (χ0v) is 15.7. The van der Waals surface area contributed by atoms with Gasteiger partial charge in [-0.15, -0.1) is 0 Å². The number of nitrogens with one attached hydrogen (secondary N) is 1. The largest absolute Gasteiger partial charge is 0.496 e. The van der Waals surface area contributed by atoms with Crippen molar-refractivity contribution in [1.29, 1.82) is 0 Å². The second-order valence-electron chi connectivity index (χ2n) is 6.31. The van der Waals surface area contributed by atoms with Crippen LogP contribution < -0.4 is 15.6 Å². The van der Waals surface area contributed by atoms with Crippen LogP contribution in [0, 0.1) is 12.7 Å². The first kappa shape index (κ1) is 19.3. The molecule has 28 heavy (non-hydrogen) atoms. The van der Waals surface area contributed by atoms with Gasteiger partial charge in [0.15, 0.2) is 0 Å². The van der Waals surface area contributed by atoms with E-state index in [1.807, 2.05) is 6.92 Å². The van der Waals surface area contributed by atoms with Gasteiger partial charge in [0.05, 0.1) is 13.3 Å². The minimum atomic E-state index is -0.304. The monoisotopic (exact) mass is 384 g/mol. The number of carbonyl (C=O) groups excluding carboxylic acids is 1. The van der Waals surface area contributed by atoms with Crippen LogP contribution in [0.25, 0.3) is 11.1 Å². The molecule has 2 aromatic heterocycles. The minimum absolute atomic E-state index is 0.0533. The summed E-state index contributed by atoms with van der Waals surface area (Å²) in [5.41, 5.74) is 2.20. The summed E-state index contributed by atoms with van der Waals surface area (Å²) in [6.45, 7) is 2.54.